The van der Waals surface area contributed by atoms with Crippen molar-refractivity contribution in [2.24, 2.45) is 0 Å². The molecule has 1 aliphatic carbocycles. The number of hydrogen-bond donors (Lipinski definition) is 0. The van der Waals surface area contributed by atoms with Crippen molar-refractivity contribution >= 4 is 11.8 Å². The van der Waals surface area contributed by atoms with Gasteiger partial charge in [0, 0.05) is 20.1 Å². The van der Waals surface area contributed by atoms with Crippen LogP contribution in [0.3, 0.4) is 0 Å². The predicted octanol–water partition coefficient (Wildman–Crippen LogP) is 0.786. The molecule has 0 bridgehead atoms. The maximum absolute atomic E-state index is 12.3. The molecule has 2 aliphatic rings. The summed E-state index contributed by atoms with van der Waals surface area (Å²) in [6.45, 7) is 5.15. The molecule has 4 heteroatoms. The molecule has 88 valence electrons. The zero-order chi connectivity index (χ0) is 11.8. The van der Waals surface area contributed by atoms with Gasteiger partial charge in [0.1, 0.15) is 5.54 Å². The van der Waals surface area contributed by atoms with Crippen molar-refractivity contribution in [1.29, 1.82) is 0 Å². The Bertz CT molecular complexity index is 328. The number of nitrogens with zero attached hydrogens (tertiary/aromatic N) is 2. The second-order valence-electron chi connectivity index (χ2n) is 4.63. The first-order valence-corrected chi connectivity index (χ1v) is 5.81. The van der Waals surface area contributed by atoms with Crippen LogP contribution in [0.2, 0.25) is 0 Å². The monoisotopic (exact) mass is 222 g/mol. The fourth-order valence-electron chi connectivity index (χ4n) is 2.37. The van der Waals surface area contributed by atoms with Crippen LogP contribution in [0.5, 0.6) is 0 Å². The van der Waals surface area contributed by atoms with E-state index >= 15 is 0 Å². The summed E-state index contributed by atoms with van der Waals surface area (Å²) in [6, 6.07) is 0. The molecule has 0 aromatic carbocycles. The third-order valence-electron chi connectivity index (χ3n) is 3.66. The molecular weight excluding hydrogens is 204 g/mol. The second kappa shape index (κ2) is 3.92. The SMILES string of the molecule is C=CC(=O)N(C)C1(C(=O)N2CCCC2)CC1. The number of likely N-dealkylation sites (N-methyl/N-ethyl adjacent to an activating group) is 1. The van der Waals surface area contributed by atoms with Crippen molar-refractivity contribution in [2.75, 3.05) is 20.1 Å². The van der Waals surface area contributed by atoms with E-state index in [4.69, 9.17) is 0 Å². The predicted molar refractivity (Wildman–Crippen MR) is 60.7 cm³/mol. The number of carbonyl (C=O) groups excluding carboxylic acids is 2. The quantitative estimate of drug-likeness (QED) is 0.662. The highest BCUT2D eigenvalue weighted by Crippen LogP contribution is 2.43. The van der Waals surface area contributed by atoms with E-state index in [2.05, 4.69) is 6.58 Å². The van der Waals surface area contributed by atoms with Gasteiger partial charge in [-0.15, -0.1) is 0 Å². The molecule has 0 spiro atoms. The van der Waals surface area contributed by atoms with Crippen LogP contribution >= 0.6 is 0 Å². The fraction of sp³-hybridized carbons (Fsp3) is 0.667. The third-order valence-corrected chi connectivity index (χ3v) is 3.66. The van der Waals surface area contributed by atoms with Gasteiger partial charge >= 0.3 is 0 Å². The topological polar surface area (TPSA) is 40.6 Å². The molecule has 2 amide bonds. The van der Waals surface area contributed by atoms with Crippen molar-refractivity contribution in [2.45, 2.75) is 31.2 Å². The summed E-state index contributed by atoms with van der Waals surface area (Å²) in [4.78, 5) is 27.3. The van der Waals surface area contributed by atoms with E-state index in [1.165, 1.54) is 6.08 Å². The van der Waals surface area contributed by atoms with Crippen molar-refractivity contribution in [3.8, 4) is 0 Å². The van der Waals surface area contributed by atoms with Gasteiger partial charge < -0.3 is 9.80 Å². The minimum atomic E-state index is -0.546. The summed E-state index contributed by atoms with van der Waals surface area (Å²) in [5.41, 5.74) is -0.546. The van der Waals surface area contributed by atoms with E-state index in [0.717, 1.165) is 38.8 Å². The molecule has 1 heterocycles. The smallest absolute Gasteiger partial charge is 0.248 e. The van der Waals surface area contributed by atoms with Crippen LogP contribution in [0.1, 0.15) is 25.7 Å². The number of rotatable bonds is 3. The van der Waals surface area contributed by atoms with Gasteiger partial charge in [-0.1, -0.05) is 6.58 Å². The van der Waals surface area contributed by atoms with Gasteiger partial charge in [0.05, 0.1) is 0 Å². The van der Waals surface area contributed by atoms with Crippen LogP contribution in [0.15, 0.2) is 12.7 Å². The van der Waals surface area contributed by atoms with Crippen LogP contribution in [0, 0.1) is 0 Å². The Kier molecular flexibility index (Phi) is 2.74. The minimum Gasteiger partial charge on any atom is -0.341 e. The highest BCUT2D eigenvalue weighted by molar-refractivity contribution is 5.97. The number of likely N-dealkylation sites (tertiary alicyclic amines) is 1. The molecule has 0 aromatic rings. The minimum absolute atomic E-state index is 0.128. The van der Waals surface area contributed by atoms with E-state index in [9.17, 15) is 9.59 Å². The lowest BCUT2D eigenvalue weighted by molar-refractivity contribution is -0.143. The summed E-state index contributed by atoms with van der Waals surface area (Å²) < 4.78 is 0. The molecule has 2 fully saturated rings. The molecule has 0 aromatic heterocycles. The lowest BCUT2D eigenvalue weighted by Gasteiger charge is -2.30. The molecular formula is C12H18N2O2. The van der Waals surface area contributed by atoms with Crippen LogP contribution in [0.4, 0.5) is 0 Å². The zero-order valence-corrected chi connectivity index (χ0v) is 9.74. The van der Waals surface area contributed by atoms with Crippen LogP contribution in [-0.2, 0) is 9.59 Å². The maximum Gasteiger partial charge on any atom is 0.248 e. The van der Waals surface area contributed by atoms with Gasteiger partial charge in [0.2, 0.25) is 11.8 Å². The molecule has 0 radical (unpaired) electrons. The van der Waals surface area contributed by atoms with E-state index in [1.54, 1.807) is 11.9 Å². The molecule has 1 saturated carbocycles. The zero-order valence-electron chi connectivity index (χ0n) is 9.74. The van der Waals surface area contributed by atoms with E-state index < -0.39 is 5.54 Å². The summed E-state index contributed by atoms with van der Waals surface area (Å²) in [7, 11) is 1.70. The van der Waals surface area contributed by atoms with E-state index in [1.807, 2.05) is 4.90 Å². The average molecular weight is 222 g/mol. The molecule has 1 saturated heterocycles. The Labute approximate surface area is 95.9 Å². The standard InChI is InChI=1S/C12H18N2O2/c1-3-10(15)13(2)12(6-7-12)11(16)14-8-4-5-9-14/h3H,1,4-9H2,2H3. The summed E-state index contributed by atoms with van der Waals surface area (Å²) in [5, 5.41) is 0. The van der Waals surface area contributed by atoms with E-state index in [0.29, 0.717) is 0 Å². The first kappa shape index (κ1) is 11.2. The fourth-order valence-corrected chi connectivity index (χ4v) is 2.37. The lowest BCUT2D eigenvalue weighted by atomic mass is 10.2. The lowest BCUT2D eigenvalue weighted by Crippen LogP contribution is -2.50. The van der Waals surface area contributed by atoms with Gasteiger partial charge in [-0.25, -0.2) is 0 Å². The van der Waals surface area contributed by atoms with Crippen molar-refractivity contribution in [1.82, 2.24) is 9.80 Å². The van der Waals surface area contributed by atoms with Crippen LogP contribution < -0.4 is 0 Å². The Morgan fingerprint density at radius 3 is 2.31 bits per heavy atom. The maximum atomic E-state index is 12.3. The van der Waals surface area contributed by atoms with Gasteiger partial charge in [-0.05, 0) is 31.8 Å². The highest BCUT2D eigenvalue weighted by Gasteiger charge is 2.56. The Morgan fingerprint density at radius 2 is 1.88 bits per heavy atom. The summed E-state index contributed by atoms with van der Waals surface area (Å²) in [5.74, 6) is -0.0345. The number of hydrogen-bond acceptors (Lipinski definition) is 2. The molecule has 4 nitrogen and oxygen atoms in total. The van der Waals surface area contributed by atoms with Crippen molar-refractivity contribution < 1.29 is 9.59 Å². The van der Waals surface area contributed by atoms with Gasteiger partial charge in [-0.3, -0.25) is 9.59 Å². The average Bonchev–Trinajstić information content (AvgIpc) is 2.93. The van der Waals surface area contributed by atoms with Gasteiger partial charge in [0.25, 0.3) is 0 Å². The van der Waals surface area contributed by atoms with Crippen molar-refractivity contribution in [3.63, 3.8) is 0 Å². The molecule has 0 atom stereocenters. The highest BCUT2D eigenvalue weighted by atomic mass is 16.2. The van der Waals surface area contributed by atoms with Crippen molar-refractivity contribution in [3.05, 3.63) is 12.7 Å². The summed E-state index contributed by atoms with van der Waals surface area (Å²) in [6.07, 6.45) is 5.02. The first-order valence-electron chi connectivity index (χ1n) is 5.81. The summed E-state index contributed by atoms with van der Waals surface area (Å²) >= 11 is 0. The first-order chi connectivity index (χ1) is 7.62. The largest absolute Gasteiger partial charge is 0.341 e. The van der Waals surface area contributed by atoms with E-state index in [-0.39, 0.29) is 11.8 Å². The second-order valence-corrected chi connectivity index (χ2v) is 4.63. The molecule has 2 rings (SSSR count). The molecule has 0 N–H and O–H groups in total. The Morgan fingerprint density at radius 1 is 1.31 bits per heavy atom. The third kappa shape index (κ3) is 1.62. The van der Waals surface area contributed by atoms with Crippen LogP contribution in [-0.4, -0.2) is 47.3 Å². The van der Waals surface area contributed by atoms with Crippen LogP contribution in [0.25, 0.3) is 0 Å². The van der Waals surface area contributed by atoms with Gasteiger partial charge in [-0.2, -0.15) is 0 Å². The Hall–Kier alpha value is -1.32. The normalized spacial score (nSPS) is 21.7. The number of amides is 2. The van der Waals surface area contributed by atoms with Gasteiger partial charge in [0.15, 0.2) is 0 Å². The number of carbonyl (C=O) groups is 2. The molecule has 16 heavy (non-hydrogen) atoms. The molecule has 0 unspecified atom stereocenters. The Balaban J connectivity index is 2.09. The molecule has 1 aliphatic heterocycles.